The Labute approximate surface area is 119 Å². The van der Waals surface area contributed by atoms with Crippen molar-refractivity contribution in [2.24, 2.45) is 5.73 Å². The maximum atomic E-state index is 6.37. The summed E-state index contributed by atoms with van der Waals surface area (Å²) >= 11 is 0. The summed E-state index contributed by atoms with van der Waals surface area (Å²) in [5, 5.41) is 2.35. The molecule has 2 aromatic rings. The topological polar surface area (TPSA) is 35.2 Å². The van der Waals surface area contributed by atoms with Gasteiger partial charge in [0.1, 0.15) is 11.4 Å². The van der Waals surface area contributed by atoms with E-state index in [0.29, 0.717) is 0 Å². The van der Waals surface area contributed by atoms with E-state index >= 15 is 0 Å². The van der Waals surface area contributed by atoms with E-state index in [0.717, 1.165) is 29.7 Å². The molecule has 2 nitrogen and oxygen atoms in total. The van der Waals surface area contributed by atoms with Crippen molar-refractivity contribution in [2.45, 2.75) is 25.4 Å². The molecule has 0 fully saturated rings. The highest BCUT2D eigenvalue weighted by Crippen LogP contribution is 2.33. The van der Waals surface area contributed by atoms with Gasteiger partial charge >= 0.3 is 0 Å². The van der Waals surface area contributed by atoms with Crippen molar-refractivity contribution in [2.75, 3.05) is 0 Å². The fourth-order valence-corrected chi connectivity index (χ4v) is 2.59. The second-order valence-corrected chi connectivity index (χ2v) is 5.24. The van der Waals surface area contributed by atoms with Crippen LogP contribution in [-0.4, -0.2) is 5.60 Å². The molecule has 1 unspecified atom stereocenters. The first-order valence-corrected chi connectivity index (χ1v) is 7.04. The lowest BCUT2D eigenvalue weighted by atomic mass is 9.91. The Hall–Kier alpha value is -2.22. The van der Waals surface area contributed by atoms with Crippen LogP contribution in [0.1, 0.15) is 19.8 Å². The number of hydrogen-bond donors (Lipinski definition) is 1. The minimum Gasteiger partial charge on any atom is -0.482 e. The lowest BCUT2D eigenvalue weighted by Crippen LogP contribution is -2.34. The molecule has 20 heavy (non-hydrogen) atoms. The molecule has 0 spiro atoms. The van der Waals surface area contributed by atoms with Crippen LogP contribution in [0.25, 0.3) is 10.8 Å². The molecule has 3 rings (SSSR count). The Morgan fingerprint density at radius 1 is 1.15 bits per heavy atom. The number of allylic oxidation sites excluding steroid dienone is 1. The molecule has 0 bridgehead atoms. The molecule has 0 saturated carbocycles. The van der Waals surface area contributed by atoms with Crippen LogP contribution < -0.4 is 10.5 Å². The lowest BCUT2D eigenvalue weighted by molar-refractivity contribution is 0.119. The predicted molar refractivity (Wildman–Crippen MR) is 83.6 cm³/mol. The van der Waals surface area contributed by atoms with Gasteiger partial charge in [-0.05, 0) is 30.0 Å². The van der Waals surface area contributed by atoms with E-state index < -0.39 is 0 Å². The molecule has 102 valence electrons. The predicted octanol–water partition coefficient (Wildman–Crippen LogP) is 4.17. The molecule has 2 aromatic carbocycles. The first kappa shape index (κ1) is 12.8. The van der Waals surface area contributed by atoms with Gasteiger partial charge in [-0.3, -0.25) is 0 Å². The number of rotatable bonds is 3. The van der Waals surface area contributed by atoms with Crippen LogP contribution in [0.5, 0.6) is 5.75 Å². The Kier molecular flexibility index (Phi) is 3.23. The Balaban J connectivity index is 1.98. The van der Waals surface area contributed by atoms with Gasteiger partial charge in [0, 0.05) is 17.5 Å². The van der Waals surface area contributed by atoms with Crippen LogP contribution in [0.15, 0.2) is 66.4 Å². The van der Waals surface area contributed by atoms with Crippen molar-refractivity contribution in [1.82, 2.24) is 0 Å². The van der Waals surface area contributed by atoms with Crippen LogP contribution >= 0.6 is 0 Å². The molecule has 2 heteroatoms. The fourth-order valence-electron chi connectivity index (χ4n) is 2.59. The quantitative estimate of drug-likeness (QED) is 0.904. The number of benzene rings is 2. The zero-order chi connectivity index (χ0) is 14.0. The highest BCUT2D eigenvalue weighted by atomic mass is 16.5. The van der Waals surface area contributed by atoms with E-state index in [1.807, 2.05) is 36.4 Å². The zero-order valence-corrected chi connectivity index (χ0v) is 11.7. The summed E-state index contributed by atoms with van der Waals surface area (Å²) in [6.07, 6.45) is 7.79. The second kappa shape index (κ2) is 5.04. The Morgan fingerprint density at radius 2 is 1.95 bits per heavy atom. The zero-order valence-electron chi connectivity index (χ0n) is 11.7. The van der Waals surface area contributed by atoms with Crippen LogP contribution in [0, 0.1) is 0 Å². The maximum Gasteiger partial charge on any atom is 0.131 e. The van der Waals surface area contributed by atoms with Crippen molar-refractivity contribution < 1.29 is 4.74 Å². The minimum absolute atomic E-state index is 0.285. The molecule has 0 radical (unpaired) electrons. The minimum atomic E-state index is -0.285. The standard InChI is InChI=1S/C18H19NO/c1-2-18(12-10-15(19)11-13-18)20-17-9-5-7-14-6-3-4-8-16(14)17/h3-12H,2,13,19H2,1H3. The normalized spacial score (nSPS) is 21.8. The van der Waals surface area contributed by atoms with E-state index in [1.165, 1.54) is 5.39 Å². The highest BCUT2D eigenvalue weighted by molar-refractivity contribution is 5.88. The molecule has 2 N–H and O–H groups in total. The van der Waals surface area contributed by atoms with Crippen LogP contribution in [0.3, 0.4) is 0 Å². The third-order valence-corrected chi connectivity index (χ3v) is 3.92. The Bertz CT molecular complexity index is 681. The molecule has 1 atom stereocenters. The summed E-state index contributed by atoms with van der Waals surface area (Å²) in [6.45, 7) is 2.14. The molecule has 0 heterocycles. The number of fused-ring (bicyclic) bond motifs is 1. The van der Waals surface area contributed by atoms with Gasteiger partial charge < -0.3 is 10.5 Å². The number of nitrogens with two attached hydrogens (primary N) is 1. The monoisotopic (exact) mass is 265 g/mol. The van der Waals surface area contributed by atoms with E-state index in [2.05, 4.69) is 31.2 Å². The van der Waals surface area contributed by atoms with E-state index in [1.54, 1.807) is 0 Å². The van der Waals surface area contributed by atoms with Crippen molar-refractivity contribution in [1.29, 1.82) is 0 Å². The maximum absolute atomic E-state index is 6.37. The van der Waals surface area contributed by atoms with Crippen molar-refractivity contribution in [3.05, 3.63) is 66.4 Å². The summed E-state index contributed by atoms with van der Waals surface area (Å²) in [4.78, 5) is 0. The molecule has 0 amide bonds. The molecular weight excluding hydrogens is 246 g/mol. The van der Waals surface area contributed by atoms with Crippen molar-refractivity contribution >= 4 is 10.8 Å². The van der Waals surface area contributed by atoms with Gasteiger partial charge in [-0.15, -0.1) is 0 Å². The van der Waals surface area contributed by atoms with Crippen LogP contribution in [-0.2, 0) is 0 Å². The van der Waals surface area contributed by atoms with Gasteiger partial charge in [-0.2, -0.15) is 0 Å². The van der Waals surface area contributed by atoms with Crippen LogP contribution in [0.2, 0.25) is 0 Å². The highest BCUT2D eigenvalue weighted by Gasteiger charge is 2.28. The van der Waals surface area contributed by atoms with Crippen molar-refractivity contribution in [3.8, 4) is 5.75 Å². The summed E-state index contributed by atoms with van der Waals surface area (Å²) in [7, 11) is 0. The van der Waals surface area contributed by atoms with Gasteiger partial charge in [0.15, 0.2) is 0 Å². The van der Waals surface area contributed by atoms with Crippen LogP contribution in [0.4, 0.5) is 0 Å². The molecule has 1 aliphatic rings. The molecule has 0 saturated heterocycles. The van der Waals surface area contributed by atoms with E-state index in [4.69, 9.17) is 10.5 Å². The molecule has 1 aliphatic carbocycles. The lowest BCUT2D eigenvalue weighted by Gasteiger charge is -2.32. The molecular formula is C18H19NO. The van der Waals surface area contributed by atoms with Gasteiger partial charge in [0.05, 0.1) is 0 Å². The van der Waals surface area contributed by atoms with E-state index in [9.17, 15) is 0 Å². The van der Waals surface area contributed by atoms with Crippen molar-refractivity contribution in [3.63, 3.8) is 0 Å². The van der Waals surface area contributed by atoms with Gasteiger partial charge in [0.25, 0.3) is 0 Å². The SMILES string of the molecule is CCC1(Oc2cccc3ccccc23)C=CC(N)=CC1. The third kappa shape index (κ3) is 2.29. The molecule has 0 aromatic heterocycles. The largest absolute Gasteiger partial charge is 0.482 e. The summed E-state index contributed by atoms with van der Waals surface area (Å²) in [5.74, 6) is 0.934. The Morgan fingerprint density at radius 3 is 2.70 bits per heavy atom. The second-order valence-electron chi connectivity index (χ2n) is 5.24. The smallest absolute Gasteiger partial charge is 0.131 e. The van der Waals surface area contributed by atoms with Gasteiger partial charge in [-0.1, -0.05) is 49.4 Å². The third-order valence-electron chi connectivity index (χ3n) is 3.92. The van der Waals surface area contributed by atoms with Gasteiger partial charge in [-0.25, -0.2) is 0 Å². The average molecular weight is 265 g/mol. The average Bonchev–Trinajstić information content (AvgIpc) is 2.50. The number of ether oxygens (including phenoxy) is 1. The summed E-state index contributed by atoms with van der Waals surface area (Å²) in [6, 6.07) is 14.5. The van der Waals surface area contributed by atoms with E-state index in [-0.39, 0.29) is 5.60 Å². The number of hydrogen-bond acceptors (Lipinski definition) is 2. The first-order valence-electron chi connectivity index (χ1n) is 7.04. The van der Waals surface area contributed by atoms with Gasteiger partial charge in [0.2, 0.25) is 0 Å². The molecule has 0 aliphatic heterocycles. The first-order chi connectivity index (χ1) is 9.72. The summed E-state index contributed by atoms with van der Waals surface area (Å²) < 4.78 is 6.37. The summed E-state index contributed by atoms with van der Waals surface area (Å²) in [5.41, 5.74) is 6.34. The fraction of sp³-hybridized carbons (Fsp3) is 0.222.